The number of hydrogen-bond donors (Lipinski definition) is 1. The van der Waals surface area contributed by atoms with Crippen molar-refractivity contribution in [3.8, 4) is 27.9 Å². The van der Waals surface area contributed by atoms with E-state index < -0.39 is 0 Å². The molecule has 5 nitrogen and oxygen atoms in total. The molecule has 1 aliphatic rings. The van der Waals surface area contributed by atoms with E-state index in [-0.39, 0.29) is 6.17 Å². The van der Waals surface area contributed by atoms with E-state index in [9.17, 15) is 0 Å². The van der Waals surface area contributed by atoms with Gasteiger partial charge >= 0.3 is 0 Å². The summed E-state index contributed by atoms with van der Waals surface area (Å²) in [6.45, 7) is 0. The number of rotatable bonds is 6. The van der Waals surface area contributed by atoms with Crippen LogP contribution in [-0.2, 0) is 0 Å². The van der Waals surface area contributed by atoms with E-state index in [4.69, 9.17) is 15.0 Å². The highest BCUT2D eigenvalue weighted by molar-refractivity contribution is 7.25. The molecular formula is C58H37N5S. The highest BCUT2D eigenvalue weighted by Crippen LogP contribution is 2.42. The third kappa shape index (κ3) is 5.95. The molecule has 4 heterocycles. The maximum absolute atomic E-state index is 5.30. The largest absolute Gasteiger partial charge is 0.344 e. The lowest BCUT2D eigenvalue weighted by atomic mass is 9.99. The van der Waals surface area contributed by atoms with Crippen molar-refractivity contribution in [2.45, 2.75) is 6.17 Å². The molecule has 1 aliphatic heterocycles. The molecule has 6 heteroatoms. The fourth-order valence-corrected chi connectivity index (χ4v) is 10.8. The molecule has 3 aromatic heterocycles. The van der Waals surface area contributed by atoms with Gasteiger partial charge in [0.1, 0.15) is 12.0 Å². The normalized spacial score (nSPS) is 14.1. The molecule has 0 fully saturated rings. The second-order valence-corrected chi connectivity index (χ2v) is 17.5. The van der Waals surface area contributed by atoms with E-state index in [1.807, 2.05) is 24.5 Å². The Labute approximate surface area is 373 Å². The summed E-state index contributed by atoms with van der Waals surface area (Å²) >= 11 is 1.76. The lowest BCUT2D eigenvalue weighted by Gasteiger charge is -2.24. The summed E-state index contributed by atoms with van der Waals surface area (Å²) < 4.78 is 4.75. The molecule has 0 bridgehead atoms. The Morgan fingerprint density at radius 2 is 1.11 bits per heavy atom. The van der Waals surface area contributed by atoms with Crippen LogP contribution in [0.25, 0.3) is 91.5 Å². The van der Waals surface area contributed by atoms with Gasteiger partial charge in [-0.3, -0.25) is 4.98 Å². The number of amidine groups is 2. The van der Waals surface area contributed by atoms with Crippen LogP contribution in [0.4, 0.5) is 0 Å². The maximum Gasteiger partial charge on any atom is 0.161 e. The molecule has 9 aromatic carbocycles. The number of aromatic nitrogens is 2. The summed E-state index contributed by atoms with van der Waals surface area (Å²) in [5.74, 6) is 1.43. The van der Waals surface area contributed by atoms with Crippen molar-refractivity contribution in [3.63, 3.8) is 0 Å². The number of thiophene rings is 1. The first-order valence-electron chi connectivity index (χ1n) is 21.6. The minimum atomic E-state index is -0.332. The number of fused-ring (bicyclic) bond motifs is 9. The quantitative estimate of drug-likeness (QED) is 0.170. The zero-order valence-corrected chi connectivity index (χ0v) is 35.3. The molecule has 0 radical (unpaired) electrons. The van der Waals surface area contributed by atoms with Crippen molar-refractivity contribution < 1.29 is 0 Å². The summed E-state index contributed by atoms with van der Waals surface area (Å²) in [4.78, 5) is 15.4. The minimum absolute atomic E-state index is 0.332. The van der Waals surface area contributed by atoms with Gasteiger partial charge in [0.05, 0.1) is 21.4 Å². The number of pyridine rings is 1. The fraction of sp³-hybridized carbons (Fsp3) is 0.0172. The van der Waals surface area contributed by atoms with E-state index in [1.165, 1.54) is 59.1 Å². The first-order valence-corrected chi connectivity index (χ1v) is 22.4. The minimum Gasteiger partial charge on any atom is -0.344 e. The van der Waals surface area contributed by atoms with Crippen molar-refractivity contribution in [3.05, 3.63) is 229 Å². The first kappa shape index (κ1) is 36.5. The number of benzene rings is 9. The Hall–Kier alpha value is -8.19. The second-order valence-electron chi connectivity index (χ2n) is 16.4. The van der Waals surface area contributed by atoms with Crippen LogP contribution >= 0.6 is 11.3 Å². The molecule has 1 unspecified atom stereocenters. The summed E-state index contributed by atoms with van der Waals surface area (Å²) in [5, 5.41) is 13.4. The van der Waals surface area contributed by atoms with Crippen LogP contribution in [0.5, 0.6) is 0 Å². The molecule has 1 N–H and O–H groups in total. The van der Waals surface area contributed by atoms with Gasteiger partial charge in [-0.1, -0.05) is 158 Å². The van der Waals surface area contributed by atoms with Crippen molar-refractivity contribution in [1.82, 2.24) is 14.9 Å². The molecule has 0 amide bonds. The van der Waals surface area contributed by atoms with Gasteiger partial charge in [0.2, 0.25) is 0 Å². The fourth-order valence-electron chi connectivity index (χ4n) is 9.71. The lowest BCUT2D eigenvalue weighted by molar-refractivity contribution is 0.674. The van der Waals surface area contributed by atoms with Gasteiger partial charge in [0, 0.05) is 55.2 Å². The van der Waals surface area contributed by atoms with Crippen molar-refractivity contribution >= 4 is 86.5 Å². The van der Waals surface area contributed by atoms with Gasteiger partial charge in [0.25, 0.3) is 0 Å². The van der Waals surface area contributed by atoms with Crippen LogP contribution in [0, 0.1) is 0 Å². The molecule has 64 heavy (non-hydrogen) atoms. The van der Waals surface area contributed by atoms with Gasteiger partial charge in [-0.05, 0) is 86.4 Å². The molecule has 13 rings (SSSR count). The molecule has 12 aromatic rings. The summed E-state index contributed by atoms with van der Waals surface area (Å²) in [7, 11) is 0. The zero-order chi connectivity index (χ0) is 42.1. The summed E-state index contributed by atoms with van der Waals surface area (Å²) in [5.41, 5.74) is 11.1. The zero-order valence-electron chi connectivity index (χ0n) is 34.5. The Morgan fingerprint density at radius 1 is 0.453 bits per heavy atom. The van der Waals surface area contributed by atoms with E-state index >= 15 is 0 Å². The van der Waals surface area contributed by atoms with Gasteiger partial charge < -0.3 is 9.88 Å². The topological polar surface area (TPSA) is 54.6 Å². The van der Waals surface area contributed by atoms with Gasteiger partial charge in [-0.2, -0.15) is 0 Å². The Morgan fingerprint density at radius 3 is 1.97 bits per heavy atom. The number of nitrogens with zero attached hydrogens (tertiary/aromatic N) is 4. The van der Waals surface area contributed by atoms with Crippen molar-refractivity contribution in [2.75, 3.05) is 0 Å². The van der Waals surface area contributed by atoms with Crippen LogP contribution in [-0.4, -0.2) is 21.2 Å². The number of hydrogen-bond acceptors (Lipinski definition) is 5. The molecular weight excluding hydrogens is 799 g/mol. The van der Waals surface area contributed by atoms with Gasteiger partial charge in [-0.15, -0.1) is 11.3 Å². The molecule has 0 aliphatic carbocycles. The summed E-state index contributed by atoms with van der Waals surface area (Å²) in [6, 6.07) is 71.9. The average Bonchev–Trinajstić information content (AvgIpc) is 3.92. The molecule has 1 atom stereocenters. The number of nitrogens with one attached hydrogen (secondary N) is 1. The van der Waals surface area contributed by atoms with Crippen LogP contribution in [0.3, 0.4) is 0 Å². The second kappa shape index (κ2) is 14.7. The first-order chi connectivity index (χ1) is 31.7. The van der Waals surface area contributed by atoms with Crippen LogP contribution in [0.15, 0.2) is 223 Å². The Bertz CT molecular complexity index is 3880. The van der Waals surface area contributed by atoms with E-state index in [1.54, 1.807) is 11.3 Å². The smallest absolute Gasteiger partial charge is 0.161 e. The Kier molecular flexibility index (Phi) is 8.39. The average molecular weight is 836 g/mol. The standard InChI is InChI=1S/C58H37N5S/c1-3-14-36(15-4-1)38-19-13-20-42(30-38)57-60-56(37-16-5-2-6-17-37)61-58(62-57)49-34-59-35-54-55(49)48-32-40(27-29-53(48)64-54)39-26-28-51-47(31-39)46-24-11-12-25-50(46)63(51)52-33-41-18-7-8-21-43(41)44-22-9-10-23-45(44)52/h1-35,56H,(H,60,61,62). The van der Waals surface area contributed by atoms with Gasteiger partial charge in [-0.25, -0.2) is 9.98 Å². The van der Waals surface area contributed by atoms with E-state index in [2.05, 4.69) is 198 Å². The lowest BCUT2D eigenvalue weighted by Crippen LogP contribution is -2.33. The van der Waals surface area contributed by atoms with Crippen LogP contribution in [0.1, 0.15) is 22.9 Å². The number of para-hydroxylation sites is 1. The highest BCUT2D eigenvalue weighted by Gasteiger charge is 2.24. The van der Waals surface area contributed by atoms with Crippen molar-refractivity contribution in [2.24, 2.45) is 9.98 Å². The third-order valence-corrected chi connectivity index (χ3v) is 13.8. The maximum atomic E-state index is 5.30. The predicted molar refractivity (Wildman–Crippen MR) is 269 cm³/mol. The predicted octanol–water partition coefficient (Wildman–Crippen LogP) is 14.7. The van der Waals surface area contributed by atoms with Crippen molar-refractivity contribution in [1.29, 1.82) is 0 Å². The van der Waals surface area contributed by atoms with Crippen LogP contribution in [0.2, 0.25) is 0 Å². The highest BCUT2D eigenvalue weighted by atomic mass is 32.1. The molecule has 300 valence electrons. The molecule has 0 saturated carbocycles. The monoisotopic (exact) mass is 835 g/mol. The molecule has 0 saturated heterocycles. The SMILES string of the molecule is c1ccc(-c2cccc(C3=NC(c4cncc5sc6ccc(-c7ccc8c(c7)c7ccccc7n8-c7cc8ccccc8c8ccccc78)cc6c45)=NC(c4ccccc4)N3)c2)cc1. The summed E-state index contributed by atoms with van der Waals surface area (Å²) in [6.07, 6.45) is 3.58. The van der Waals surface area contributed by atoms with Crippen LogP contribution < -0.4 is 5.32 Å². The third-order valence-electron chi connectivity index (χ3n) is 12.7. The number of aliphatic imine (C=N–C) groups is 2. The molecule has 0 spiro atoms. The van der Waals surface area contributed by atoms with E-state index in [0.29, 0.717) is 5.84 Å². The Balaban J connectivity index is 0.961. The van der Waals surface area contributed by atoms with Gasteiger partial charge in [0.15, 0.2) is 5.84 Å². The van der Waals surface area contributed by atoms with E-state index in [0.717, 1.165) is 54.9 Å².